The number of benzene rings is 8. The summed E-state index contributed by atoms with van der Waals surface area (Å²) in [5.41, 5.74) is 20.2. The van der Waals surface area contributed by atoms with Gasteiger partial charge >= 0.3 is 0 Å². The van der Waals surface area contributed by atoms with Crippen LogP contribution in [0.25, 0.3) is 77.2 Å². The van der Waals surface area contributed by atoms with Crippen molar-refractivity contribution in [2.45, 2.75) is 58.3 Å². The highest BCUT2D eigenvalue weighted by Crippen LogP contribution is 2.59. The summed E-state index contributed by atoms with van der Waals surface area (Å²) in [7, 11) is 0. The van der Waals surface area contributed by atoms with E-state index in [9.17, 15) is 0 Å². The Kier molecular flexibility index (Phi) is 6.87. The van der Waals surface area contributed by atoms with Crippen molar-refractivity contribution < 1.29 is 0 Å². The van der Waals surface area contributed by atoms with E-state index < -0.39 is 0 Å². The summed E-state index contributed by atoms with van der Waals surface area (Å²) in [6, 6.07) is 57.6. The molecule has 0 N–H and O–H groups in total. The second kappa shape index (κ2) is 11.4. The molecule has 2 aliphatic rings. The molecule has 53 heavy (non-hydrogen) atoms. The molecule has 0 amide bonds. The van der Waals surface area contributed by atoms with Gasteiger partial charge < -0.3 is 0 Å². The Hall–Kier alpha value is -5.72. The van der Waals surface area contributed by atoms with Gasteiger partial charge in [-0.2, -0.15) is 0 Å². The molecule has 8 aromatic carbocycles. The zero-order valence-corrected chi connectivity index (χ0v) is 31.5. The topological polar surface area (TPSA) is 0 Å². The smallest absolute Gasteiger partial charge is 0.0159 e. The minimum Gasteiger partial charge on any atom is -0.0619 e. The van der Waals surface area contributed by atoms with Gasteiger partial charge in [-0.05, 0) is 141 Å². The van der Waals surface area contributed by atoms with Gasteiger partial charge in [0.05, 0.1) is 0 Å². The van der Waals surface area contributed by atoms with E-state index in [0.29, 0.717) is 5.92 Å². The van der Waals surface area contributed by atoms with Gasteiger partial charge in [-0.25, -0.2) is 0 Å². The van der Waals surface area contributed by atoms with Crippen LogP contribution < -0.4 is 0 Å². The highest BCUT2D eigenvalue weighted by Gasteiger charge is 2.43. The van der Waals surface area contributed by atoms with Crippen molar-refractivity contribution in [3.63, 3.8) is 0 Å². The van der Waals surface area contributed by atoms with Crippen LogP contribution in [0.15, 0.2) is 152 Å². The van der Waals surface area contributed by atoms with Gasteiger partial charge in [0.25, 0.3) is 0 Å². The minimum absolute atomic E-state index is 0.0102. The van der Waals surface area contributed by atoms with Gasteiger partial charge in [-0.15, -0.1) is 0 Å². The summed E-state index contributed by atoms with van der Waals surface area (Å²) in [4.78, 5) is 0. The molecule has 10 rings (SSSR count). The standard InChI is InChI=1S/C53H44/c1-32(2)41-28-42(39-20-19-37-26-36(17-18-38(37)27-39)35-16-15-33-11-7-8-12-34(33)25-35)30-43(29-41)40-21-22-45-49(31-40)53(5,6)48-24-23-47-50(51(45)48)44-13-9-10-14-46(44)52(47,3)4/h7-32H,1-6H3. The Balaban J connectivity index is 1.05. The predicted octanol–water partition coefficient (Wildman–Crippen LogP) is 14.7. The first kappa shape index (κ1) is 32.0. The molecule has 0 saturated heterocycles. The van der Waals surface area contributed by atoms with E-state index in [1.54, 1.807) is 0 Å². The van der Waals surface area contributed by atoms with E-state index in [1.165, 1.54) is 105 Å². The van der Waals surface area contributed by atoms with Crippen molar-refractivity contribution in [2.24, 2.45) is 0 Å². The van der Waals surface area contributed by atoms with Crippen LogP contribution in [-0.4, -0.2) is 0 Å². The molecule has 256 valence electrons. The van der Waals surface area contributed by atoms with Crippen LogP contribution in [0.1, 0.15) is 75.3 Å². The van der Waals surface area contributed by atoms with Gasteiger partial charge in [-0.1, -0.05) is 163 Å². The zero-order chi connectivity index (χ0) is 36.2. The third kappa shape index (κ3) is 4.81. The van der Waals surface area contributed by atoms with Crippen LogP contribution in [0.4, 0.5) is 0 Å². The fraction of sp³-hybridized carbons (Fsp3) is 0.170. The molecule has 2 aliphatic carbocycles. The normalized spacial score (nSPS) is 14.7. The third-order valence-electron chi connectivity index (χ3n) is 12.6. The molecule has 0 heteroatoms. The lowest BCUT2D eigenvalue weighted by atomic mass is 9.79. The van der Waals surface area contributed by atoms with Crippen LogP contribution in [0.5, 0.6) is 0 Å². The van der Waals surface area contributed by atoms with Crippen LogP contribution in [0.3, 0.4) is 0 Å². The van der Waals surface area contributed by atoms with Gasteiger partial charge in [0.2, 0.25) is 0 Å². The molecule has 0 bridgehead atoms. The number of hydrogen-bond donors (Lipinski definition) is 0. The van der Waals surface area contributed by atoms with E-state index in [-0.39, 0.29) is 10.8 Å². The molecule has 0 spiro atoms. The van der Waals surface area contributed by atoms with Gasteiger partial charge in [0.15, 0.2) is 0 Å². The van der Waals surface area contributed by atoms with E-state index in [2.05, 4.69) is 193 Å². The van der Waals surface area contributed by atoms with Crippen LogP contribution in [0.2, 0.25) is 0 Å². The molecule has 0 atom stereocenters. The zero-order valence-electron chi connectivity index (χ0n) is 31.5. The average molecular weight is 681 g/mol. The number of fused-ring (bicyclic) bond motifs is 9. The second-order valence-electron chi connectivity index (χ2n) is 16.8. The highest BCUT2D eigenvalue weighted by atomic mass is 14.5. The highest BCUT2D eigenvalue weighted by molar-refractivity contribution is 5.99. The number of rotatable bonds is 4. The molecule has 0 fully saturated rings. The Labute approximate surface area is 313 Å². The summed E-state index contributed by atoms with van der Waals surface area (Å²) in [6.45, 7) is 14.2. The summed E-state index contributed by atoms with van der Waals surface area (Å²) >= 11 is 0. The number of hydrogen-bond acceptors (Lipinski definition) is 0. The molecule has 8 aromatic rings. The van der Waals surface area contributed by atoms with Gasteiger partial charge in [0, 0.05) is 10.8 Å². The lowest BCUT2D eigenvalue weighted by Gasteiger charge is -2.24. The van der Waals surface area contributed by atoms with E-state index in [0.717, 1.165) is 0 Å². The summed E-state index contributed by atoms with van der Waals surface area (Å²) < 4.78 is 0. The molecular formula is C53H44. The molecule has 0 nitrogen and oxygen atoms in total. The molecule has 0 heterocycles. The molecule has 0 aromatic heterocycles. The van der Waals surface area contributed by atoms with Crippen molar-refractivity contribution in [3.05, 3.63) is 179 Å². The van der Waals surface area contributed by atoms with Crippen molar-refractivity contribution in [2.75, 3.05) is 0 Å². The molecule has 0 aliphatic heterocycles. The predicted molar refractivity (Wildman–Crippen MR) is 227 cm³/mol. The lowest BCUT2D eigenvalue weighted by Crippen LogP contribution is -2.17. The Bertz CT molecular complexity index is 2800. The van der Waals surface area contributed by atoms with Gasteiger partial charge in [0.1, 0.15) is 0 Å². The maximum atomic E-state index is 2.49. The van der Waals surface area contributed by atoms with Crippen molar-refractivity contribution in [3.8, 4) is 55.6 Å². The third-order valence-corrected chi connectivity index (χ3v) is 12.6. The SMILES string of the molecule is CC(C)c1cc(-c2ccc3c(c2)C(C)(C)c2ccc4c(c2-3)-c2ccccc2C4(C)C)cc(-c2ccc3cc(-c4ccc5ccccc5c4)ccc3c2)c1. The van der Waals surface area contributed by atoms with Crippen LogP contribution in [0, 0.1) is 0 Å². The Morgan fingerprint density at radius 2 is 0.792 bits per heavy atom. The van der Waals surface area contributed by atoms with Crippen molar-refractivity contribution in [1.82, 2.24) is 0 Å². The fourth-order valence-electron chi connectivity index (χ4n) is 9.49. The summed E-state index contributed by atoms with van der Waals surface area (Å²) in [5.74, 6) is 0.416. The maximum absolute atomic E-state index is 2.49. The van der Waals surface area contributed by atoms with E-state index >= 15 is 0 Å². The van der Waals surface area contributed by atoms with E-state index in [1.807, 2.05) is 0 Å². The van der Waals surface area contributed by atoms with Crippen molar-refractivity contribution >= 4 is 21.5 Å². The van der Waals surface area contributed by atoms with Gasteiger partial charge in [-0.3, -0.25) is 0 Å². The Morgan fingerprint density at radius 1 is 0.340 bits per heavy atom. The lowest BCUT2D eigenvalue weighted by molar-refractivity contribution is 0.651. The first-order valence-corrected chi connectivity index (χ1v) is 19.2. The summed E-state index contributed by atoms with van der Waals surface area (Å²) in [6.07, 6.45) is 0. The maximum Gasteiger partial charge on any atom is 0.0159 e. The van der Waals surface area contributed by atoms with Crippen LogP contribution in [-0.2, 0) is 10.8 Å². The quantitative estimate of drug-likeness (QED) is 0.174. The average Bonchev–Trinajstić information content (AvgIpc) is 3.56. The minimum atomic E-state index is -0.0973. The van der Waals surface area contributed by atoms with Crippen molar-refractivity contribution in [1.29, 1.82) is 0 Å². The Morgan fingerprint density at radius 3 is 1.42 bits per heavy atom. The first-order chi connectivity index (χ1) is 25.6. The second-order valence-corrected chi connectivity index (χ2v) is 16.8. The fourth-order valence-corrected chi connectivity index (χ4v) is 9.49. The van der Waals surface area contributed by atoms with Crippen LogP contribution >= 0.6 is 0 Å². The molecule has 0 radical (unpaired) electrons. The summed E-state index contributed by atoms with van der Waals surface area (Å²) in [5, 5.41) is 5.07. The first-order valence-electron chi connectivity index (χ1n) is 19.2. The largest absolute Gasteiger partial charge is 0.0619 e. The monoisotopic (exact) mass is 680 g/mol. The molecule has 0 unspecified atom stereocenters. The molecular weight excluding hydrogens is 637 g/mol. The van der Waals surface area contributed by atoms with E-state index in [4.69, 9.17) is 0 Å². The molecule has 0 saturated carbocycles.